The number of rotatable bonds is 5. The van der Waals surface area contributed by atoms with E-state index in [1.165, 1.54) is 12.8 Å². The monoisotopic (exact) mass is 281 g/mol. The molecule has 0 spiro atoms. The Morgan fingerprint density at radius 3 is 2.65 bits per heavy atom. The maximum Gasteiger partial charge on any atom is 0.239 e. The summed E-state index contributed by atoms with van der Waals surface area (Å²) >= 11 is 0. The average Bonchev–Trinajstić information content (AvgIpc) is 3.23. The van der Waals surface area contributed by atoms with Crippen LogP contribution in [0, 0.1) is 0 Å². The van der Waals surface area contributed by atoms with Gasteiger partial charge in [0, 0.05) is 38.6 Å². The molecule has 3 aliphatic rings. The fraction of sp³-hybridized carbons (Fsp3) is 0.857. The molecule has 2 saturated heterocycles. The van der Waals surface area contributed by atoms with Crippen LogP contribution in [0.5, 0.6) is 0 Å². The lowest BCUT2D eigenvalue weighted by Crippen LogP contribution is -2.43. The van der Waals surface area contributed by atoms with Crippen molar-refractivity contribution in [2.75, 3.05) is 39.4 Å². The first-order valence-corrected chi connectivity index (χ1v) is 7.64. The molecular formula is C14H23N3O3. The van der Waals surface area contributed by atoms with Crippen molar-refractivity contribution in [2.24, 2.45) is 0 Å². The van der Waals surface area contributed by atoms with Crippen molar-refractivity contribution in [1.29, 1.82) is 0 Å². The maximum absolute atomic E-state index is 12.2. The lowest BCUT2D eigenvalue weighted by molar-refractivity contribution is -0.136. The van der Waals surface area contributed by atoms with E-state index in [1.807, 2.05) is 9.80 Å². The lowest BCUT2D eigenvalue weighted by atomic mass is 10.2. The normalized spacial score (nSPS) is 27.2. The Morgan fingerprint density at radius 2 is 1.95 bits per heavy atom. The molecule has 2 amide bonds. The zero-order valence-electron chi connectivity index (χ0n) is 11.8. The number of likely N-dealkylation sites (tertiary alicyclic amines) is 1. The summed E-state index contributed by atoms with van der Waals surface area (Å²) in [6.07, 6.45) is 3.70. The topological polar surface area (TPSA) is 61.9 Å². The van der Waals surface area contributed by atoms with Crippen molar-refractivity contribution in [1.82, 2.24) is 15.1 Å². The molecule has 2 aliphatic heterocycles. The maximum atomic E-state index is 12.2. The van der Waals surface area contributed by atoms with Crippen LogP contribution >= 0.6 is 0 Å². The molecule has 0 radical (unpaired) electrons. The zero-order valence-corrected chi connectivity index (χ0v) is 11.8. The first-order valence-electron chi connectivity index (χ1n) is 7.64. The summed E-state index contributed by atoms with van der Waals surface area (Å²) < 4.78 is 5.24. The van der Waals surface area contributed by atoms with Gasteiger partial charge in [-0.3, -0.25) is 9.59 Å². The molecule has 2 heterocycles. The van der Waals surface area contributed by atoms with Gasteiger partial charge in [0.2, 0.25) is 11.8 Å². The van der Waals surface area contributed by atoms with Crippen molar-refractivity contribution >= 4 is 11.8 Å². The van der Waals surface area contributed by atoms with E-state index >= 15 is 0 Å². The number of carbonyl (C=O) groups is 2. The van der Waals surface area contributed by atoms with Crippen molar-refractivity contribution in [3.8, 4) is 0 Å². The molecule has 0 aromatic heterocycles. The Labute approximate surface area is 119 Å². The first-order chi connectivity index (χ1) is 9.74. The number of amides is 2. The van der Waals surface area contributed by atoms with Gasteiger partial charge in [-0.15, -0.1) is 0 Å². The van der Waals surface area contributed by atoms with Gasteiger partial charge in [0.1, 0.15) is 0 Å². The lowest BCUT2D eigenvalue weighted by Gasteiger charge is -2.27. The van der Waals surface area contributed by atoms with Crippen LogP contribution in [-0.4, -0.2) is 73.1 Å². The van der Waals surface area contributed by atoms with Crippen LogP contribution in [0.15, 0.2) is 0 Å². The second-order valence-corrected chi connectivity index (χ2v) is 5.85. The SMILES string of the molecule is O=C(CCN1CCC(NC2CC2)C1=O)N1CCOCC1. The molecule has 1 saturated carbocycles. The van der Waals surface area contributed by atoms with Crippen molar-refractivity contribution < 1.29 is 14.3 Å². The van der Waals surface area contributed by atoms with Crippen molar-refractivity contribution in [3.63, 3.8) is 0 Å². The largest absolute Gasteiger partial charge is 0.378 e. The highest BCUT2D eigenvalue weighted by Gasteiger charge is 2.35. The predicted molar refractivity (Wildman–Crippen MR) is 73.2 cm³/mol. The van der Waals surface area contributed by atoms with Gasteiger partial charge in [-0.25, -0.2) is 0 Å². The van der Waals surface area contributed by atoms with Crippen LogP contribution in [0.3, 0.4) is 0 Å². The van der Waals surface area contributed by atoms with Crippen LogP contribution in [0.4, 0.5) is 0 Å². The van der Waals surface area contributed by atoms with Gasteiger partial charge in [0.05, 0.1) is 19.3 Å². The van der Waals surface area contributed by atoms with Crippen LogP contribution < -0.4 is 5.32 Å². The molecule has 0 aromatic rings. The van der Waals surface area contributed by atoms with Gasteiger partial charge in [0.15, 0.2) is 0 Å². The number of ether oxygens (including phenoxy) is 1. The third-order valence-corrected chi connectivity index (χ3v) is 4.27. The molecule has 0 bridgehead atoms. The molecule has 20 heavy (non-hydrogen) atoms. The molecule has 3 rings (SSSR count). The molecule has 1 atom stereocenters. The van der Waals surface area contributed by atoms with Gasteiger partial charge in [-0.2, -0.15) is 0 Å². The van der Waals surface area contributed by atoms with E-state index in [-0.39, 0.29) is 17.9 Å². The van der Waals surface area contributed by atoms with E-state index in [0.717, 1.165) is 13.0 Å². The summed E-state index contributed by atoms with van der Waals surface area (Å²) in [6, 6.07) is 0.542. The molecule has 6 heteroatoms. The number of morpholine rings is 1. The van der Waals surface area contributed by atoms with Gasteiger partial charge in [-0.1, -0.05) is 0 Å². The Bertz CT molecular complexity index is 378. The fourth-order valence-electron chi connectivity index (χ4n) is 2.85. The van der Waals surface area contributed by atoms with Crippen LogP contribution in [0.25, 0.3) is 0 Å². The first kappa shape index (κ1) is 13.8. The van der Waals surface area contributed by atoms with Gasteiger partial charge in [-0.05, 0) is 19.3 Å². The highest BCUT2D eigenvalue weighted by atomic mass is 16.5. The summed E-state index contributed by atoms with van der Waals surface area (Å²) in [5.74, 6) is 0.311. The van der Waals surface area contributed by atoms with Crippen LogP contribution in [0.1, 0.15) is 25.7 Å². The van der Waals surface area contributed by atoms with Gasteiger partial charge in [0.25, 0.3) is 0 Å². The van der Waals surface area contributed by atoms with E-state index in [2.05, 4.69) is 5.32 Å². The number of nitrogens with zero attached hydrogens (tertiary/aromatic N) is 2. The molecule has 1 N–H and O–H groups in total. The number of hydrogen-bond acceptors (Lipinski definition) is 4. The molecular weight excluding hydrogens is 258 g/mol. The number of hydrogen-bond donors (Lipinski definition) is 1. The second kappa shape index (κ2) is 6.10. The highest BCUT2D eigenvalue weighted by Crippen LogP contribution is 2.22. The Hall–Kier alpha value is -1.14. The van der Waals surface area contributed by atoms with Crippen LogP contribution in [-0.2, 0) is 14.3 Å². The molecule has 3 fully saturated rings. The highest BCUT2D eigenvalue weighted by molar-refractivity contribution is 5.85. The Morgan fingerprint density at radius 1 is 1.20 bits per heavy atom. The quantitative estimate of drug-likeness (QED) is 0.744. The fourth-order valence-corrected chi connectivity index (χ4v) is 2.85. The van der Waals surface area contributed by atoms with E-state index in [0.29, 0.717) is 45.3 Å². The van der Waals surface area contributed by atoms with Gasteiger partial charge < -0.3 is 19.9 Å². The van der Waals surface area contributed by atoms with Crippen molar-refractivity contribution in [3.05, 3.63) is 0 Å². The molecule has 1 aliphatic carbocycles. The summed E-state index contributed by atoms with van der Waals surface area (Å²) in [5, 5.41) is 3.38. The third-order valence-electron chi connectivity index (χ3n) is 4.27. The van der Waals surface area contributed by atoms with E-state index in [1.54, 1.807) is 0 Å². The Kier molecular flexibility index (Phi) is 4.21. The minimum atomic E-state index is -0.0130. The molecule has 0 aromatic carbocycles. The standard InChI is InChI=1S/C14H23N3O3/c18-13(16-7-9-20-10-8-16)4-6-17-5-3-12(14(17)19)15-11-1-2-11/h11-12,15H,1-10H2. The van der Waals surface area contributed by atoms with Crippen molar-refractivity contribution in [2.45, 2.75) is 37.8 Å². The molecule has 6 nitrogen and oxygen atoms in total. The average molecular weight is 281 g/mol. The third kappa shape index (κ3) is 3.30. The predicted octanol–water partition coefficient (Wildman–Crippen LogP) is -0.412. The summed E-state index contributed by atoms with van der Waals surface area (Å²) in [6.45, 7) is 3.94. The van der Waals surface area contributed by atoms with Gasteiger partial charge >= 0.3 is 0 Å². The second-order valence-electron chi connectivity index (χ2n) is 5.85. The summed E-state index contributed by atoms with van der Waals surface area (Å²) in [5.41, 5.74) is 0. The van der Waals surface area contributed by atoms with E-state index < -0.39 is 0 Å². The van der Waals surface area contributed by atoms with E-state index in [9.17, 15) is 9.59 Å². The molecule has 1 unspecified atom stereocenters. The number of carbonyl (C=O) groups excluding carboxylic acids is 2. The molecule has 112 valence electrons. The minimum absolute atomic E-state index is 0.0130. The summed E-state index contributed by atoms with van der Waals surface area (Å²) in [7, 11) is 0. The Balaban J connectivity index is 1.41. The number of nitrogens with one attached hydrogen (secondary N) is 1. The zero-order chi connectivity index (χ0) is 13.9. The van der Waals surface area contributed by atoms with Crippen LogP contribution in [0.2, 0.25) is 0 Å². The summed E-state index contributed by atoms with van der Waals surface area (Å²) in [4.78, 5) is 27.9. The smallest absolute Gasteiger partial charge is 0.239 e. The minimum Gasteiger partial charge on any atom is -0.378 e. The van der Waals surface area contributed by atoms with E-state index in [4.69, 9.17) is 4.74 Å².